The molecule has 0 unspecified atom stereocenters. The third-order valence-corrected chi connectivity index (χ3v) is 4.20. The second-order valence-corrected chi connectivity index (χ2v) is 6.17. The summed E-state index contributed by atoms with van der Waals surface area (Å²) in [6.07, 6.45) is 4.25. The largest absolute Gasteiger partial charge is 0.391 e. The zero-order valence-corrected chi connectivity index (χ0v) is 12.7. The summed E-state index contributed by atoms with van der Waals surface area (Å²) in [4.78, 5) is 1.59. The first kappa shape index (κ1) is 13.7. The average molecular weight is 337 g/mol. The van der Waals surface area contributed by atoms with Gasteiger partial charge in [-0.3, -0.25) is 0 Å². The summed E-state index contributed by atoms with van der Waals surface area (Å²) in [7, 11) is 0. The van der Waals surface area contributed by atoms with E-state index in [2.05, 4.69) is 37.4 Å². The summed E-state index contributed by atoms with van der Waals surface area (Å²) in [6.45, 7) is 0. The number of rotatable bonds is 3. The number of hydrogen-bond acceptors (Lipinski definition) is 4. The van der Waals surface area contributed by atoms with Crippen molar-refractivity contribution in [2.24, 2.45) is 0 Å². The van der Waals surface area contributed by atoms with E-state index in [9.17, 15) is 5.11 Å². The Labute approximate surface area is 126 Å². The lowest BCUT2D eigenvalue weighted by atomic mass is 9.93. The lowest BCUT2D eigenvalue weighted by Gasteiger charge is -2.25. The van der Waals surface area contributed by atoms with Crippen molar-refractivity contribution in [1.29, 1.82) is 0 Å². The Morgan fingerprint density at radius 2 is 2.15 bits per heavy atom. The second-order valence-electron chi connectivity index (χ2n) is 5.25. The number of tetrazole rings is 1. The highest BCUT2D eigenvalue weighted by molar-refractivity contribution is 9.10. The fraction of sp³-hybridized carbons (Fsp3) is 0.500. The van der Waals surface area contributed by atoms with Crippen LogP contribution in [-0.2, 0) is 6.42 Å². The highest BCUT2D eigenvalue weighted by Gasteiger charge is 2.26. The third kappa shape index (κ3) is 3.07. The van der Waals surface area contributed by atoms with Crippen molar-refractivity contribution in [3.05, 3.63) is 40.1 Å². The van der Waals surface area contributed by atoms with E-state index in [1.165, 1.54) is 0 Å². The molecule has 106 valence electrons. The Balaban J connectivity index is 1.73. The Morgan fingerprint density at radius 1 is 1.30 bits per heavy atom. The normalized spacial score (nSPS) is 22.9. The Hall–Kier alpha value is -1.27. The van der Waals surface area contributed by atoms with Gasteiger partial charge in [0.25, 0.3) is 0 Å². The molecule has 1 aliphatic rings. The van der Waals surface area contributed by atoms with Gasteiger partial charge in [0.1, 0.15) is 0 Å². The van der Waals surface area contributed by atoms with E-state index in [4.69, 9.17) is 0 Å². The molecule has 0 saturated heterocycles. The molecular formula is C14H17BrN4O. The molecule has 1 saturated carbocycles. The topological polar surface area (TPSA) is 63.8 Å². The van der Waals surface area contributed by atoms with Crippen LogP contribution in [0.15, 0.2) is 28.7 Å². The maximum atomic E-state index is 10.0. The monoisotopic (exact) mass is 336 g/mol. The van der Waals surface area contributed by atoms with Gasteiger partial charge in [-0.25, -0.2) is 0 Å². The number of aliphatic hydroxyl groups excluding tert-OH is 1. The molecule has 1 fully saturated rings. The van der Waals surface area contributed by atoms with Crippen molar-refractivity contribution in [1.82, 2.24) is 20.2 Å². The van der Waals surface area contributed by atoms with Gasteiger partial charge in [0.15, 0.2) is 5.82 Å². The van der Waals surface area contributed by atoms with Gasteiger partial charge >= 0.3 is 0 Å². The van der Waals surface area contributed by atoms with Crippen molar-refractivity contribution < 1.29 is 5.11 Å². The van der Waals surface area contributed by atoms with Crippen LogP contribution < -0.4 is 0 Å². The van der Waals surface area contributed by atoms with Gasteiger partial charge in [-0.15, -0.1) is 10.2 Å². The molecule has 0 bridgehead atoms. The zero-order valence-electron chi connectivity index (χ0n) is 11.1. The average Bonchev–Trinajstić information content (AvgIpc) is 2.87. The van der Waals surface area contributed by atoms with Crippen LogP contribution in [-0.4, -0.2) is 31.4 Å². The first-order valence-electron chi connectivity index (χ1n) is 6.93. The number of benzene rings is 1. The molecular weight excluding hydrogens is 320 g/mol. The van der Waals surface area contributed by atoms with Gasteiger partial charge in [-0.05, 0) is 35.8 Å². The quantitative estimate of drug-likeness (QED) is 0.935. The maximum absolute atomic E-state index is 10.0. The predicted octanol–water partition coefficient (Wildman–Crippen LogP) is 2.50. The molecule has 6 heteroatoms. The Bertz CT molecular complexity index is 586. The van der Waals surface area contributed by atoms with Gasteiger partial charge in [0.05, 0.1) is 12.1 Å². The van der Waals surface area contributed by atoms with Crippen molar-refractivity contribution in [3.8, 4) is 0 Å². The van der Waals surface area contributed by atoms with Crippen LogP contribution in [0.4, 0.5) is 0 Å². The molecule has 20 heavy (non-hydrogen) atoms. The molecule has 0 radical (unpaired) electrons. The van der Waals surface area contributed by atoms with E-state index >= 15 is 0 Å². The van der Waals surface area contributed by atoms with Crippen LogP contribution in [0.5, 0.6) is 0 Å². The van der Waals surface area contributed by atoms with Crippen molar-refractivity contribution in [2.45, 2.75) is 44.2 Å². The lowest BCUT2D eigenvalue weighted by Crippen LogP contribution is -2.29. The predicted molar refractivity (Wildman–Crippen MR) is 78.3 cm³/mol. The van der Waals surface area contributed by atoms with E-state index in [1.54, 1.807) is 4.80 Å². The molecule has 1 heterocycles. The van der Waals surface area contributed by atoms with E-state index in [0.29, 0.717) is 12.2 Å². The summed E-state index contributed by atoms with van der Waals surface area (Å²) >= 11 is 3.46. The van der Waals surface area contributed by atoms with Gasteiger partial charge in [-0.2, -0.15) is 4.80 Å². The third-order valence-electron chi connectivity index (χ3n) is 3.71. The van der Waals surface area contributed by atoms with Crippen LogP contribution in [0.2, 0.25) is 0 Å². The molecule has 5 nitrogen and oxygen atoms in total. The van der Waals surface area contributed by atoms with Gasteiger partial charge in [0.2, 0.25) is 0 Å². The smallest absolute Gasteiger partial charge is 0.179 e. The minimum atomic E-state index is -0.350. The summed E-state index contributed by atoms with van der Waals surface area (Å²) < 4.78 is 1.05. The molecule has 0 aliphatic heterocycles. The summed E-state index contributed by atoms with van der Waals surface area (Å²) in [5, 5.41) is 22.7. The molecule has 1 aromatic heterocycles. The van der Waals surface area contributed by atoms with Crippen LogP contribution in [0.3, 0.4) is 0 Å². The minimum absolute atomic E-state index is 0.0208. The molecule has 3 rings (SSSR count). The first-order chi connectivity index (χ1) is 9.72. The SMILES string of the molecule is O[C@@H]1CCCC[C@@H]1n1nnc(Cc2cccc(Br)c2)n1. The number of halogens is 1. The van der Waals surface area contributed by atoms with E-state index in [-0.39, 0.29) is 12.1 Å². The van der Waals surface area contributed by atoms with E-state index < -0.39 is 0 Å². The van der Waals surface area contributed by atoms with Crippen LogP contribution in [0.1, 0.15) is 43.1 Å². The molecule has 1 N–H and O–H groups in total. The van der Waals surface area contributed by atoms with Crippen LogP contribution in [0.25, 0.3) is 0 Å². The molecule has 1 aromatic carbocycles. The molecule has 1 aliphatic carbocycles. The van der Waals surface area contributed by atoms with E-state index in [1.807, 2.05) is 18.2 Å². The first-order valence-corrected chi connectivity index (χ1v) is 7.72. The molecule has 0 spiro atoms. The van der Waals surface area contributed by atoms with Gasteiger partial charge in [0, 0.05) is 10.9 Å². The lowest BCUT2D eigenvalue weighted by molar-refractivity contribution is 0.0612. The maximum Gasteiger partial charge on any atom is 0.179 e. The summed E-state index contributed by atoms with van der Waals surface area (Å²) in [5.74, 6) is 0.695. The molecule has 2 aromatic rings. The van der Waals surface area contributed by atoms with E-state index in [0.717, 1.165) is 35.7 Å². The summed E-state index contributed by atoms with van der Waals surface area (Å²) in [5.41, 5.74) is 1.14. The van der Waals surface area contributed by atoms with Gasteiger partial charge in [-0.1, -0.05) is 40.9 Å². The molecule has 0 amide bonds. The van der Waals surface area contributed by atoms with Crippen LogP contribution in [0, 0.1) is 0 Å². The van der Waals surface area contributed by atoms with Crippen molar-refractivity contribution >= 4 is 15.9 Å². The fourth-order valence-corrected chi connectivity index (χ4v) is 3.10. The highest BCUT2D eigenvalue weighted by Crippen LogP contribution is 2.27. The van der Waals surface area contributed by atoms with Crippen molar-refractivity contribution in [2.75, 3.05) is 0 Å². The Kier molecular flexibility index (Phi) is 4.12. The van der Waals surface area contributed by atoms with Crippen LogP contribution >= 0.6 is 15.9 Å². The highest BCUT2D eigenvalue weighted by atomic mass is 79.9. The fourth-order valence-electron chi connectivity index (χ4n) is 2.66. The second kappa shape index (κ2) is 6.01. The number of aliphatic hydroxyl groups is 1. The van der Waals surface area contributed by atoms with Gasteiger partial charge < -0.3 is 5.11 Å². The Morgan fingerprint density at radius 3 is 2.95 bits per heavy atom. The molecule has 2 atom stereocenters. The summed E-state index contributed by atoms with van der Waals surface area (Å²) in [6, 6.07) is 8.06. The standard InChI is InChI=1S/C14H17BrN4O/c15-11-5-3-4-10(8-11)9-14-16-18-19(17-14)12-6-1-2-7-13(12)20/h3-5,8,12-13,20H,1-2,6-7,9H2/t12-,13+/m0/s1. The number of hydrogen-bond donors (Lipinski definition) is 1. The number of aromatic nitrogens is 4. The van der Waals surface area contributed by atoms with Crippen molar-refractivity contribution in [3.63, 3.8) is 0 Å². The number of nitrogens with zero attached hydrogens (tertiary/aromatic N) is 4. The minimum Gasteiger partial charge on any atom is -0.391 e. The zero-order chi connectivity index (χ0) is 13.9.